The van der Waals surface area contributed by atoms with Crippen molar-refractivity contribution in [3.63, 3.8) is 0 Å². The van der Waals surface area contributed by atoms with Crippen LogP contribution in [0.5, 0.6) is 0 Å². The van der Waals surface area contributed by atoms with Crippen molar-refractivity contribution in [3.8, 4) is 11.1 Å². The zero-order valence-corrected chi connectivity index (χ0v) is 22.1. The molecular formula is C30H35FN2O5. The number of nitrogens with one attached hydrogen (secondary N) is 1. The lowest BCUT2D eigenvalue weighted by atomic mass is 9.92. The van der Waals surface area contributed by atoms with E-state index in [1.165, 1.54) is 25.3 Å². The van der Waals surface area contributed by atoms with Gasteiger partial charge in [0.2, 0.25) is 0 Å². The first-order valence-electron chi connectivity index (χ1n) is 12.7. The Morgan fingerprint density at radius 2 is 1.74 bits per heavy atom. The topological polar surface area (TPSA) is 101 Å². The van der Waals surface area contributed by atoms with Crippen molar-refractivity contribution in [3.05, 3.63) is 83.4 Å². The molecule has 0 saturated carbocycles. The van der Waals surface area contributed by atoms with Crippen molar-refractivity contribution in [1.82, 2.24) is 4.57 Å². The molecule has 3 N–H and O–H groups in total. The van der Waals surface area contributed by atoms with Gasteiger partial charge in [-0.2, -0.15) is 0 Å². The highest BCUT2D eigenvalue weighted by atomic mass is 19.1. The largest absolute Gasteiger partial charge is 0.469 e. The number of nitrogens with zero attached hydrogens (tertiary/aromatic N) is 1. The average molecular weight is 523 g/mol. The van der Waals surface area contributed by atoms with Gasteiger partial charge >= 0.3 is 5.97 Å². The zero-order chi connectivity index (χ0) is 27.8. The number of hydrogen-bond donors (Lipinski definition) is 3. The van der Waals surface area contributed by atoms with E-state index in [0.717, 1.165) is 16.7 Å². The van der Waals surface area contributed by atoms with E-state index in [9.17, 15) is 24.2 Å². The molecule has 202 valence electrons. The number of para-hydroxylation sites is 1. The van der Waals surface area contributed by atoms with E-state index in [-0.39, 0.29) is 30.5 Å². The van der Waals surface area contributed by atoms with Gasteiger partial charge in [0.05, 0.1) is 25.7 Å². The van der Waals surface area contributed by atoms with Crippen molar-refractivity contribution in [1.29, 1.82) is 0 Å². The third-order valence-corrected chi connectivity index (χ3v) is 6.23. The van der Waals surface area contributed by atoms with E-state index in [4.69, 9.17) is 0 Å². The first-order valence-corrected chi connectivity index (χ1v) is 12.7. The van der Waals surface area contributed by atoms with Crippen LogP contribution in [0.2, 0.25) is 0 Å². The summed E-state index contributed by atoms with van der Waals surface area (Å²) >= 11 is 0. The van der Waals surface area contributed by atoms with E-state index < -0.39 is 18.2 Å². The molecule has 3 aromatic rings. The van der Waals surface area contributed by atoms with Crippen molar-refractivity contribution in [2.45, 2.75) is 58.3 Å². The van der Waals surface area contributed by atoms with Crippen LogP contribution in [0.1, 0.15) is 61.3 Å². The maximum Gasteiger partial charge on any atom is 0.308 e. The molecule has 38 heavy (non-hydrogen) atoms. The Labute approximate surface area is 222 Å². The number of esters is 1. The number of hydrogen-bond acceptors (Lipinski definition) is 5. The number of aliphatic hydroxyl groups excluding tert-OH is 2. The van der Waals surface area contributed by atoms with Gasteiger partial charge in [-0.15, -0.1) is 0 Å². The highest BCUT2D eigenvalue weighted by Crippen LogP contribution is 2.39. The Morgan fingerprint density at radius 1 is 1.08 bits per heavy atom. The second-order valence-corrected chi connectivity index (χ2v) is 9.34. The third kappa shape index (κ3) is 6.96. The average Bonchev–Trinajstić information content (AvgIpc) is 3.23. The number of aliphatic hydroxyl groups is 2. The standard InChI is InChI=1S/C30H35FN2O5/c1-5-33-25(16-15-23(34)17-24(35)18-26(36)38-4)28(20-11-13-21(31)14-12-20)27(19(2)3)29(33)30(37)32-22-9-7-6-8-10-22/h6-16,19,23-24,34-35H,5,17-18H2,1-4H3,(H,32,37)/b16-15+/t23-,24+/m0/s1. The smallest absolute Gasteiger partial charge is 0.308 e. The van der Waals surface area contributed by atoms with Gasteiger partial charge in [0.15, 0.2) is 0 Å². The highest BCUT2D eigenvalue weighted by molar-refractivity contribution is 6.06. The highest BCUT2D eigenvalue weighted by Gasteiger charge is 2.28. The molecule has 1 heterocycles. The van der Waals surface area contributed by atoms with Gasteiger partial charge in [-0.25, -0.2) is 4.39 Å². The number of rotatable bonds is 11. The summed E-state index contributed by atoms with van der Waals surface area (Å²) < 4.78 is 20.2. The minimum atomic E-state index is -1.07. The number of aromatic nitrogens is 1. The monoisotopic (exact) mass is 522 g/mol. The summed E-state index contributed by atoms with van der Waals surface area (Å²) in [4.78, 5) is 25.1. The number of amides is 1. The summed E-state index contributed by atoms with van der Waals surface area (Å²) in [7, 11) is 1.24. The van der Waals surface area contributed by atoms with Crippen molar-refractivity contribution < 1.29 is 28.9 Å². The fraction of sp³-hybridized carbons (Fsp3) is 0.333. The maximum atomic E-state index is 13.8. The van der Waals surface area contributed by atoms with Crippen molar-refractivity contribution >= 4 is 23.6 Å². The molecule has 1 amide bonds. The Balaban J connectivity index is 2.11. The van der Waals surface area contributed by atoms with Crippen LogP contribution in [-0.4, -0.2) is 46.0 Å². The number of methoxy groups -OCH3 is 1. The third-order valence-electron chi connectivity index (χ3n) is 6.23. The number of halogens is 1. The van der Waals surface area contributed by atoms with Crippen LogP contribution in [0.15, 0.2) is 60.7 Å². The number of carbonyl (C=O) groups is 2. The summed E-state index contributed by atoms with van der Waals surface area (Å²) in [5, 5.41) is 23.7. The first-order chi connectivity index (χ1) is 18.2. The van der Waals surface area contributed by atoms with Gasteiger partial charge in [-0.1, -0.05) is 50.3 Å². The molecule has 1 aromatic heterocycles. The molecule has 3 rings (SSSR count). The molecule has 2 aromatic carbocycles. The minimum absolute atomic E-state index is 0.0571. The lowest BCUT2D eigenvalue weighted by molar-refractivity contribution is -0.143. The SMILES string of the molecule is CCn1c(/C=C/[C@H](O)C[C@@H](O)CC(=O)OC)c(-c2ccc(F)cc2)c(C(C)C)c1C(=O)Nc1ccccc1. The van der Waals surface area contributed by atoms with Gasteiger partial charge in [0.25, 0.3) is 5.91 Å². The fourth-order valence-electron chi connectivity index (χ4n) is 4.52. The molecule has 0 aliphatic heterocycles. The van der Waals surface area contributed by atoms with Gasteiger partial charge in [-0.05, 0) is 54.3 Å². The Kier molecular flexibility index (Phi) is 9.98. The molecule has 2 atom stereocenters. The molecular weight excluding hydrogens is 487 g/mol. The zero-order valence-electron chi connectivity index (χ0n) is 22.1. The lowest BCUT2D eigenvalue weighted by Crippen LogP contribution is -2.20. The Morgan fingerprint density at radius 3 is 2.32 bits per heavy atom. The van der Waals surface area contributed by atoms with Gasteiger partial charge in [0, 0.05) is 29.9 Å². The summed E-state index contributed by atoms with van der Waals surface area (Å²) in [5.74, 6) is -1.27. The second-order valence-electron chi connectivity index (χ2n) is 9.34. The number of anilines is 1. The van der Waals surface area contributed by atoms with Crippen LogP contribution in [0, 0.1) is 5.82 Å². The molecule has 0 fully saturated rings. The van der Waals surface area contributed by atoms with Crippen LogP contribution in [0.25, 0.3) is 17.2 Å². The van der Waals surface area contributed by atoms with E-state index in [1.54, 1.807) is 18.2 Å². The van der Waals surface area contributed by atoms with Crippen molar-refractivity contribution in [2.24, 2.45) is 0 Å². The van der Waals surface area contributed by atoms with Crippen LogP contribution in [0.3, 0.4) is 0 Å². The molecule has 8 heteroatoms. The predicted molar refractivity (Wildman–Crippen MR) is 146 cm³/mol. The van der Waals surface area contributed by atoms with Gasteiger partial charge < -0.3 is 24.8 Å². The molecule has 0 saturated heterocycles. The summed E-state index contributed by atoms with van der Waals surface area (Å²) in [6.45, 7) is 6.37. The Hall–Kier alpha value is -3.75. The van der Waals surface area contributed by atoms with E-state index in [2.05, 4.69) is 10.1 Å². The summed E-state index contributed by atoms with van der Waals surface area (Å²) in [6.07, 6.45) is 0.813. The van der Waals surface area contributed by atoms with Crippen LogP contribution >= 0.6 is 0 Å². The normalized spacial score (nSPS) is 13.1. The fourth-order valence-corrected chi connectivity index (χ4v) is 4.52. The summed E-state index contributed by atoms with van der Waals surface area (Å²) in [6, 6.07) is 15.3. The molecule has 7 nitrogen and oxygen atoms in total. The summed E-state index contributed by atoms with van der Waals surface area (Å²) in [5.41, 5.74) is 4.10. The van der Waals surface area contributed by atoms with Crippen LogP contribution < -0.4 is 5.32 Å². The molecule has 0 spiro atoms. The molecule has 0 aliphatic carbocycles. The van der Waals surface area contributed by atoms with E-state index in [1.807, 2.05) is 55.7 Å². The van der Waals surface area contributed by atoms with E-state index in [0.29, 0.717) is 23.6 Å². The molecule has 0 aliphatic rings. The molecule has 0 unspecified atom stereocenters. The van der Waals surface area contributed by atoms with E-state index >= 15 is 0 Å². The molecule has 0 bridgehead atoms. The first kappa shape index (κ1) is 28.8. The molecule has 0 radical (unpaired) electrons. The number of ether oxygens (including phenoxy) is 1. The second kappa shape index (κ2) is 13.2. The maximum absolute atomic E-state index is 13.8. The number of benzene rings is 2. The van der Waals surface area contributed by atoms with Crippen LogP contribution in [-0.2, 0) is 16.1 Å². The van der Waals surface area contributed by atoms with Crippen molar-refractivity contribution in [2.75, 3.05) is 12.4 Å². The number of carbonyl (C=O) groups excluding carboxylic acids is 2. The Bertz CT molecular complexity index is 1270. The van der Waals surface area contributed by atoms with Gasteiger partial charge in [-0.3, -0.25) is 9.59 Å². The minimum Gasteiger partial charge on any atom is -0.469 e. The lowest BCUT2D eigenvalue weighted by Gasteiger charge is -2.14. The predicted octanol–water partition coefficient (Wildman–Crippen LogP) is 5.38. The van der Waals surface area contributed by atoms with Crippen LogP contribution in [0.4, 0.5) is 10.1 Å². The quantitative estimate of drug-likeness (QED) is 0.294. The van der Waals surface area contributed by atoms with Gasteiger partial charge in [0.1, 0.15) is 11.5 Å².